The molecule has 2 nitrogen and oxygen atoms in total. The van der Waals surface area contributed by atoms with Gasteiger partial charge < -0.3 is 4.79 Å². The van der Waals surface area contributed by atoms with Crippen molar-refractivity contribution in [1.82, 2.24) is 0 Å². The molecule has 0 aromatic carbocycles. The third-order valence-corrected chi connectivity index (χ3v) is 2.28. The maximum atomic E-state index is 10.9. The molecular formula is C9H14O2. The van der Waals surface area contributed by atoms with Gasteiger partial charge in [0.25, 0.3) is 0 Å². The smallest absolute Gasteiger partial charge is 0.133 e. The Morgan fingerprint density at radius 2 is 2.36 bits per heavy atom. The minimum atomic E-state index is 0.382. The monoisotopic (exact) mass is 154 g/mol. The summed E-state index contributed by atoms with van der Waals surface area (Å²) in [4.78, 5) is 21.0. The summed E-state index contributed by atoms with van der Waals surface area (Å²) in [5.74, 6) is 0.883. The van der Waals surface area contributed by atoms with Crippen molar-refractivity contribution in [3.8, 4) is 0 Å². The predicted octanol–water partition coefficient (Wildman–Crippen LogP) is 1.72. The highest BCUT2D eigenvalue weighted by Crippen LogP contribution is 2.24. The van der Waals surface area contributed by atoms with Gasteiger partial charge in [0.1, 0.15) is 12.1 Å². The van der Waals surface area contributed by atoms with Crippen LogP contribution in [0.25, 0.3) is 0 Å². The van der Waals surface area contributed by atoms with Gasteiger partial charge in [-0.25, -0.2) is 0 Å². The number of carbonyl (C=O) groups excluding carboxylic acids is 2. The molecule has 0 aliphatic heterocycles. The van der Waals surface area contributed by atoms with E-state index in [0.717, 1.165) is 32.0 Å². The van der Waals surface area contributed by atoms with E-state index in [4.69, 9.17) is 0 Å². The largest absolute Gasteiger partial charge is 0.303 e. The van der Waals surface area contributed by atoms with Gasteiger partial charge in [-0.05, 0) is 25.2 Å². The molecule has 1 rings (SSSR count). The molecule has 2 heteroatoms. The number of ketones is 1. The summed E-state index contributed by atoms with van der Waals surface area (Å²) in [7, 11) is 0. The molecule has 0 heterocycles. The van der Waals surface area contributed by atoms with Gasteiger partial charge in [-0.15, -0.1) is 0 Å². The Balaban J connectivity index is 2.22. The van der Waals surface area contributed by atoms with E-state index in [0.29, 0.717) is 24.5 Å². The first-order valence-corrected chi connectivity index (χ1v) is 4.28. The topological polar surface area (TPSA) is 34.1 Å². The molecule has 0 bridgehead atoms. The fourth-order valence-electron chi connectivity index (χ4n) is 1.66. The van der Waals surface area contributed by atoms with Crippen LogP contribution < -0.4 is 0 Å². The van der Waals surface area contributed by atoms with Gasteiger partial charge >= 0.3 is 0 Å². The summed E-state index contributed by atoms with van der Waals surface area (Å²) < 4.78 is 0. The first kappa shape index (κ1) is 8.44. The van der Waals surface area contributed by atoms with E-state index in [9.17, 15) is 9.59 Å². The van der Waals surface area contributed by atoms with Crippen LogP contribution in [0.5, 0.6) is 0 Å². The highest BCUT2D eigenvalue weighted by molar-refractivity contribution is 5.79. The van der Waals surface area contributed by atoms with Crippen LogP contribution >= 0.6 is 0 Å². The lowest BCUT2D eigenvalue weighted by Crippen LogP contribution is -2.14. The van der Waals surface area contributed by atoms with Gasteiger partial charge in [-0.2, -0.15) is 0 Å². The minimum absolute atomic E-state index is 0.382. The van der Waals surface area contributed by atoms with Crippen LogP contribution in [0.2, 0.25) is 0 Å². The number of hydrogen-bond donors (Lipinski definition) is 0. The molecule has 0 spiro atoms. The molecule has 0 N–H and O–H groups in total. The van der Waals surface area contributed by atoms with Crippen LogP contribution in [-0.2, 0) is 9.59 Å². The summed E-state index contributed by atoms with van der Waals surface area (Å²) in [5, 5.41) is 0. The first-order valence-electron chi connectivity index (χ1n) is 4.28. The fraction of sp³-hybridized carbons (Fsp3) is 0.778. The SMILES string of the molecule is O=CCCC1CCCC(=O)C1. The molecule has 1 unspecified atom stereocenters. The minimum Gasteiger partial charge on any atom is -0.303 e. The van der Waals surface area contributed by atoms with Crippen molar-refractivity contribution in [2.45, 2.75) is 38.5 Å². The molecule has 0 aromatic heterocycles. The van der Waals surface area contributed by atoms with Crippen molar-refractivity contribution in [3.63, 3.8) is 0 Å². The van der Waals surface area contributed by atoms with E-state index in [2.05, 4.69) is 0 Å². The standard InChI is InChI=1S/C9H14O2/c10-6-2-4-8-3-1-5-9(11)7-8/h6,8H,1-5,7H2. The van der Waals surface area contributed by atoms with Gasteiger partial charge in [0, 0.05) is 19.3 Å². The molecule has 0 amide bonds. The van der Waals surface area contributed by atoms with Crippen LogP contribution in [0.15, 0.2) is 0 Å². The number of rotatable bonds is 3. The lowest BCUT2D eigenvalue weighted by Gasteiger charge is -2.19. The Morgan fingerprint density at radius 3 is 3.00 bits per heavy atom. The van der Waals surface area contributed by atoms with Crippen LogP contribution in [0.4, 0.5) is 0 Å². The molecule has 62 valence electrons. The lowest BCUT2D eigenvalue weighted by atomic mass is 9.85. The molecule has 1 aliphatic rings. The highest BCUT2D eigenvalue weighted by Gasteiger charge is 2.18. The Bertz CT molecular complexity index is 152. The van der Waals surface area contributed by atoms with Crippen molar-refractivity contribution in [2.24, 2.45) is 5.92 Å². The highest BCUT2D eigenvalue weighted by atomic mass is 16.1. The maximum absolute atomic E-state index is 10.9. The third-order valence-electron chi connectivity index (χ3n) is 2.28. The molecule has 1 fully saturated rings. The second-order valence-corrected chi connectivity index (χ2v) is 3.25. The Hall–Kier alpha value is -0.660. The average Bonchev–Trinajstić information content (AvgIpc) is 2.01. The normalized spacial score (nSPS) is 25.1. The zero-order valence-corrected chi connectivity index (χ0v) is 6.71. The second-order valence-electron chi connectivity index (χ2n) is 3.25. The van der Waals surface area contributed by atoms with E-state index in [-0.39, 0.29) is 0 Å². The molecule has 0 saturated heterocycles. The molecule has 0 aromatic rings. The van der Waals surface area contributed by atoms with E-state index >= 15 is 0 Å². The molecular weight excluding hydrogens is 140 g/mol. The van der Waals surface area contributed by atoms with E-state index in [1.165, 1.54) is 0 Å². The number of Topliss-reactive ketones (excluding diaryl/α,β-unsaturated/α-hetero) is 1. The molecule has 1 aliphatic carbocycles. The number of aldehydes is 1. The fourth-order valence-corrected chi connectivity index (χ4v) is 1.66. The summed E-state index contributed by atoms with van der Waals surface area (Å²) in [6.45, 7) is 0. The van der Waals surface area contributed by atoms with Gasteiger partial charge in [0.05, 0.1) is 0 Å². The van der Waals surface area contributed by atoms with E-state index in [1.807, 2.05) is 0 Å². The van der Waals surface area contributed by atoms with Crippen LogP contribution in [0.1, 0.15) is 38.5 Å². The van der Waals surface area contributed by atoms with Gasteiger partial charge in [-0.3, -0.25) is 4.79 Å². The average molecular weight is 154 g/mol. The number of hydrogen-bond acceptors (Lipinski definition) is 2. The van der Waals surface area contributed by atoms with Crippen LogP contribution in [-0.4, -0.2) is 12.1 Å². The maximum Gasteiger partial charge on any atom is 0.133 e. The van der Waals surface area contributed by atoms with Crippen LogP contribution in [0.3, 0.4) is 0 Å². The van der Waals surface area contributed by atoms with Crippen molar-refractivity contribution < 1.29 is 9.59 Å². The second kappa shape index (κ2) is 4.27. The molecule has 1 saturated carbocycles. The summed E-state index contributed by atoms with van der Waals surface area (Å²) in [6.07, 6.45) is 6.12. The Labute approximate surface area is 67.0 Å². The van der Waals surface area contributed by atoms with E-state index < -0.39 is 0 Å². The van der Waals surface area contributed by atoms with Gasteiger partial charge in [-0.1, -0.05) is 0 Å². The van der Waals surface area contributed by atoms with Crippen molar-refractivity contribution in [3.05, 3.63) is 0 Å². The zero-order valence-electron chi connectivity index (χ0n) is 6.71. The van der Waals surface area contributed by atoms with Crippen LogP contribution in [0, 0.1) is 5.92 Å². The molecule has 11 heavy (non-hydrogen) atoms. The van der Waals surface area contributed by atoms with Gasteiger partial charge in [0.15, 0.2) is 0 Å². The Morgan fingerprint density at radius 1 is 1.55 bits per heavy atom. The van der Waals surface area contributed by atoms with Crippen molar-refractivity contribution >= 4 is 12.1 Å². The van der Waals surface area contributed by atoms with Crippen molar-refractivity contribution in [1.29, 1.82) is 0 Å². The van der Waals surface area contributed by atoms with Crippen molar-refractivity contribution in [2.75, 3.05) is 0 Å². The Kier molecular flexibility index (Phi) is 3.27. The van der Waals surface area contributed by atoms with Gasteiger partial charge in [0.2, 0.25) is 0 Å². The quantitative estimate of drug-likeness (QED) is 0.580. The summed E-state index contributed by atoms with van der Waals surface area (Å²) in [5.41, 5.74) is 0. The molecule has 0 radical (unpaired) electrons. The summed E-state index contributed by atoms with van der Waals surface area (Å²) >= 11 is 0. The molecule has 1 atom stereocenters. The predicted molar refractivity (Wildman–Crippen MR) is 42.3 cm³/mol. The lowest BCUT2D eigenvalue weighted by molar-refractivity contribution is -0.121. The third kappa shape index (κ3) is 2.83. The zero-order chi connectivity index (χ0) is 8.10. The first-order chi connectivity index (χ1) is 5.33. The number of carbonyl (C=O) groups is 2. The van der Waals surface area contributed by atoms with E-state index in [1.54, 1.807) is 0 Å². The summed E-state index contributed by atoms with van der Waals surface area (Å²) in [6, 6.07) is 0.